The van der Waals surface area contributed by atoms with Crippen LogP contribution in [0, 0.1) is 0 Å². The number of amides is 1. The minimum atomic E-state index is -0.734. The zero-order chi connectivity index (χ0) is 20.5. The summed E-state index contributed by atoms with van der Waals surface area (Å²) >= 11 is 1.28. The molecule has 0 spiro atoms. The Balaban J connectivity index is 1.91. The lowest BCUT2D eigenvalue weighted by Gasteiger charge is -2.23. The van der Waals surface area contributed by atoms with E-state index in [1.165, 1.54) is 16.2 Å². The van der Waals surface area contributed by atoms with E-state index in [1.54, 1.807) is 35.8 Å². The molecular weight excluding hydrogens is 384 g/mol. The van der Waals surface area contributed by atoms with E-state index in [1.807, 2.05) is 30.3 Å². The van der Waals surface area contributed by atoms with E-state index in [4.69, 9.17) is 0 Å². The van der Waals surface area contributed by atoms with Gasteiger partial charge in [0.25, 0.3) is 5.78 Å². The number of nitrogens with zero attached hydrogens (tertiary/aromatic N) is 2. The van der Waals surface area contributed by atoms with Crippen LogP contribution in [0.1, 0.15) is 42.5 Å². The third kappa shape index (κ3) is 3.36. The van der Waals surface area contributed by atoms with Gasteiger partial charge in [-0.05, 0) is 17.0 Å². The highest BCUT2D eigenvalue weighted by molar-refractivity contribution is 7.14. The number of benzene rings is 2. The van der Waals surface area contributed by atoms with Crippen molar-refractivity contribution in [1.29, 1.82) is 0 Å². The molecule has 1 N–H and O–H groups in total. The molecule has 1 aliphatic heterocycles. The average molecular weight is 404 g/mol. The number of carbonyl (C=O) groups is 2. The number of aliphatic hydroxyl groups excluding tert-OH is 1. The summed E-state index contributed by atoms with van der Waals surface area (Å²) in [4.78, 5) is 31.5. The molecule has 0 radical (unpaired) electrons. The second kappa shape index (κ2) is 7.64. The SMILES string of the molecule is CC(C)c1ccc([C@@H]2/C(=C(\O)c3ccccc3)C(=O)C(=O)N2c2nccs2)cc1. The molecule has 4 rings (SSSR count). The van der Waals surface area contributed by atoms with Gasteiger partial charge in [-0.15, -0.1) is 11.3 Å². The predicted molar refractivity (Wildman–Crippen MR) is 114 cm³/mol. The van der Waals surface area contributed by atoms with Gasteiger partial charge >= 0.3 is 5.91 Å². The fourth-order valence-electron chi connectivity index (χ4n) is 3.49. The van der Waals surface area contributed by atoms with Gasteiger partial charge in [0.2, 0.25) is 0 Å². The number of anilines is 1. The van der Waals surface area contributed by atoms with E-state index in [9.17, 15) is 14.7 Å². The molecule has 29 heavy (non-hydrogen) atoms. The minimum Gasteiger partial charge on any atom is -0.507 e. The van der Waals surface area contributed by atoms with Crippen LogP contribution >= 0.6 is 11.3 Å². The molecule has 3 aromatic rings. The molecule has 1 atom stereocenters. The monoisotopic (exact) mass is 404 g/mol. The first kappa shape index (κ1) is 19.1. The summed E-state index contributed by atoms with van der Waals surface area (Å²) in [6.07, 6.45) is 1.59. The van der Waals surface area contributed by atoms with Crippen molar-refractivity contribution in [2.45, 2.75) is 25.8 Å². The van der Waals surface area contributed by atoms with Crippen LogP contribution < -0.4 is 4.90 Å². The summed E-state index contributed by atoms with van der Waals surface area (Å²) in [5.74, 6) is -1.21. The van der Waals surface area contributed by atoms with Gasteiger partial charge in [-0.25, -0.2) is 4.98 Å². The Labute approximate surface area is 173 Å². The first-order valence-corrected chi connectivity index (χ1v) is 10.2. The number of aliphatic hydroxyl groups is 1. The van der Waals surface area contributed by atoms with Crippen LogP contribution in [0.3, 0.4) is 0 Å². The molecule has 146 valence electrons. The Morgan fingerprint density at radius 3 is 2.34 bits per heavy atom. The summed E-state index contributed by atoms with van der Waals surface area (Å²) in [6, 6.07) is 15.9. The molecule has 6 heteroatoms. The van der Waals surface area contributed by atoms with Crippen molar-refractivity contribution in [3.05, 3.63) is 88.4 Å². The van der Waals surface area contributed by atoms with Crippen LogP contribution in [0.25, 0.3) is 5.76 Å². The number of hydrogen-bond acceptors (Lipinski definition) is 5. The number of rotatable bonds is 4. The molecule has 1 aromatic heterocycles. The summed E-state index contributed by atoms with van der Waals surface area (Å²) in [6.45, 7) is 4.21. The van der Waals surface area contributed by atoms with Crippen molar-refractivity contribution < 1.29 is 14.7 Å². The molecule has 2 aromatic carbocycles. The van der Waals surface area contributed by atoms with Crippen LogP contribution in [0.2, 0.25) is 0 Å². The van der Waals surface area contributed by atoms with Gasteiger partial charge < -0.3 is 5.11 Å². The van der Waals surface area contributed by atoms with Crippen LogP contribution in [0.15, 0.2) is 71.7 Å². The van der Waals surface area contributed by atoms with Crippen molar-refractivity contribution in [2.75, 3.05) is 4.90 Å². The highest BCUT2D eigenvalue weighted by atomic mass is 32.1. The number of carbonyl (C=O) groups excluding carboxylic acids is 2. The second-order valence-electron chi connectivity index (χ2n) is 7.17. The Bertz CT molecular complexity index is 1070. The van der Waals surface area contributed by atoms with Crippen LogP contribution in [-0.2, 0) is 9.59 Å². The van der Waals surface area contributed by atoms with Crippen molar-refractivity contribution in [1.82, 2.24) is 4.98 Å². The average Bonchev–Trinajstić information content (AvgIpc) is 3.35. The number of hydrogen-bond donors (Lipinski definition) is 1. The molecule has 1 aliphatic rings. The third-order valence-electron chi connectivity index (χ3n) is 5.04. The van der Waals surface area contributed by atoms with E-state index >= 15 is 0 Å². The Morgan fingerprint density at radius 1 is 1.07 bits per heavy atom. The van der Waals surface area contributed by atoms with E-state index in [0.29, 0.717) is 16.6 Å². The highest BCUT2D eigenvalue weighted by Crippen LogP contribution is 2.42. The summed E-state index contributed by atoms with van der Waals surface area (Å²) in [7, 11) is 0. The zero-order valence-electron chi connectivity index (χ0n) is 16.1. The Morgan fingerprint density at radius 2 is 1.76 bits per heavy atom. The zero-order valence-corrected chi connectivity index (χ0v) is 16.9. The second-order valence-corrected chi connectivity index (χ2v) is 8.04. The van der Waals surface area contributed by atoms with Gasteiger partial charge in [-0.1, -0.05) is 68.4 Å². The van der Waals surface area contributed by atoms with Gasteiger partial charge in [0.15, 0.2) is 5.13 Å². The lowest BCUT2D eigenvalue weighted by atomic mass is 9.93. The van der Waals surface area contributed by atoms with Crippen molar-refractivity contribution in [2.24, 2.45) is 0 Å². The van der Waals surface area contributed by atoms with Gasteiger partial charge in [-0.2, -0.15) is 0 Å². The fraction of sp³-hybridized carbons (Fsp3) is 0.174. The van der Waals surface area contributed by atoms with E-state index in [-0.39, 0.29) is 11.3 Å². The molecule has 1 fully saturated rings. The standard InChI is InChI=1S/C23H20N2O3S/c1-14(2)15-8-10-16(11-9-15)19-18(20(26)17-6-4-3-5-7-17)21(27)22(28)25(19)23-24-12-13-29-23/h3-14,19,26H,1-2H3/b20-18+/t19-/m1/s1. The maximum Gasteiger partial charge on any atom is 0.301 e. The maximum absolute atomic E-state index is 13.0. The molecule has 1 saturated heterocycles. The van der Waals surface area contributed by atoms with E-state index in [2.05, 4.69) is 18.8 Å². The normalized spacial score (nSPS) is 18.6. The molecule has 5 nitrogen and oxygen atoms in total. The lowest BCUT2D eigenvalue weighted by Crippen LogP contribution is -2.29. The first-order chi connectivity index (χ1) is 14.0. The quantitative estimate of drug-likeness (QED) is 0.382. The van der Waals surface area contributed by atoms with Crippen LogP contribution in [-0.4, -0.2) is 21.8 Å². The maximum atomic E-state index is 13.0. The molecule has 0 saturated carbocycles. The van der Waals surface area contributed by atoms with Gasteiger partial charge in [-0.3, -0.25) is 14.5 Å². The molecule has 0 bridgehead atoms. The lowest BCUT2D eigenvalue weighted by molar-refractivity contribution is -0.132. The minimum absolute atomic E-state index is 0.0775. The van der Waals surface area contributed by atoms with E-state index in [0.717, 1.165) is 11.1 Å². The Kier molecular flexibility index (Phi) is 5.03. The topological polar surface area (TPSA) is 70.5 Å². The van der Waals surface area contributed by atoms with Crippen molar-refractivity contribution in [3.63, 3.8) is 0 Å². The number of ketones is 1. The highest BCUT2D eigenvalue weighted by Gasteiger charge is 2.47. The Hall–Kier alpha value is -3.25. The van der Waals surface area contributed by atoms with E-state index < -0.39 is 17.7 Å². The molecule has 0 aliphatic carbocycles. The van der Waals surface area contributed by atoms with Crippen LogP contribution in [0.5, 0.6) is 0 Å². The molecule has 1 amide bonds. The molecule has 0 unspecified atom stereocenters. The molecular formula is C23H20N2O3S. The third-order valence-corrected chi connectivity index (χ3v) is 5.81. The van der Waals surface area contributed by atoms with Crippen molar-refractivity contribution in [3.8, 4) is 0 Å². The van der Waals surface area contributed by atoms with Crippen molar-refractivity contribution >= 4 is 33.9 Å². The summed E-state index contributed by atoms with van der Waals surface area (Å²) in [5.41, 5.74) is 2.48. The van der Waals surface area contributed by atoms with Crippen LogP contribution in [0.4, 0.5) is 5.13 Å². The van der Waals surface area contributed by atoms with Gasteiger partial charge in [0.05, 0.1) is 11.6 Å². The van der Waals surface area contributed by atoms with Gasteiger partial charge in [0, 0.05) is 17.1 Å². The molecule has 2 heterocycles. The largest absolute Gasteiger partial charge is 0.507 e. The van der Waals surface area contributed by atoms with Gasteiger partial charge in [0.1, 0.15) is 5.76 Å². The smallest absolute Gasteiger partial charge is 0.301 e. The number of thiazole rings is 1. The summed E-state index contributed by atoms with van der Waals surface area (Å²) < 4.78 is 0. The first-order valence-electron chi connectivity index (χ1n) is 9.35. The fourth-order valence-corrected chi connectivity index (χ4v) is 4.16. The number of aromatic nitrogens is 1. The predicted octanol–water partition coefficient (Wildman–Crippen LogP) is 4.89. The summed E-state index contributed by atoms with van der Waals surface area (Å²) in [5, 5.41) is 13.1. The number of Topliss-reactive ketones (excluding diaryl/α,β-unsaturated/α-hetero) is 1.